The molecular formula is C15H16N2O4. The molecule has 0 fully saturated rings. The van der Waals surface area contributed by atoms with E-state index in [9.17, 15) is 9.90 Å². The topological polar surface area (TPSA) is 103 Å². The summed E-state index contributed by atoms with van der Waals surface area (Å²) in [5.41, 5.74) is 2.06. The Bertz CT molecular complexity index is 631. The summed E-state index contributed by atoms with van der Waals surface area (Å²) in [4.78, 5) is 15.0. The Morgan fingerprint density at radius 1 is 1.24 bits per heavy atom. The maximum absolute atomic E-state index is 10.9. The molecule has 0 aliphatic heterocycles. The van der Waals surface area contributed by atoms with Crippen molar-refractivity contribution in [2.24, 2.45) is 0 Å². The summed E-state index contributed by atoms with van der Waals surface area (Å²) in [6.45, 7) is -0.0859. The van der Waals surface area contributed by atoms with Crippen LogP contribution in [0.1, 0.15) is 10.5 Å². The SMILES string of the molecule is O=C(O)c1cccc(-c2cccc(NCC(O)CO)c2)n1. The van der Waals surface area contributed by atoms with Crippen LogP contribution < -0.4 is 5.32 Å². The number of aromatic nitrogens is 1. The molecule has 0 radical (unpaired) electrons. The normalized spacial score (nSPS) is 11.9. The highest BCUT2D eigenvalue weighted by molar-refractivity contribution is 5.86. The number of carboxylic acid groups (broad SMARTS) is 1. The highest BCUT2D eigenvalue weighted by Crippen LogP contribution is 2.21. The van der Waals surface area contributed by atoms with Crippen molar-refractivity contribution >= 4 is 11.7 Å². The second-order valence-corrected chi connectivity index (χ2v) is 4.51. The first-order valence-corrected chi connectivity index (χ1v) is 6.43. The monoisotopic (exact) mass is 288 g/mol. The van der Waals surface area contributed by atoms with Gasteiger partial charge in [-0.3, -0.25) is 0 Å². The number of aromatic carboxylic acids is 1. The second kappa shape index (κ2) is 6.83. The van der Waals surface area contributed by atoms with Crippen LogP contribution in [-0.2, 0) is 0 Å². The molecule has 0 aliphatic carbocycles. The maximum atomic E-state index is 10.9. The van der Waals surface area contributed by atoms with Gasteiger partial charge in [0, 0.05) is 17.8 Å². The molecule has 0 amide bonds. The molecule has 0 aliphatic rings. The van der Waals surface area contributed by atoms with Crippen molar-refractivity contribution in [2.75, 3.05) is 18.5 Å². The fourth-order valence-electron chi connectivity index (χ4n) is 1.80. The van der Waals surface area contributed by atoms with E-state index in [0.717, 1.165) is 11.3 Å². The lowest BCUT2D eigenvalue weighted by molar-refractivity contribution is 0.0690. The van der Waals surface area contributed by atoms with Gasteiger partial charge in [-0.1, -0.05) is 18.2 Å². The molecule has 0 saturated carbocycles. The van der Waals surface area contributed by atoms with Gasteiger partial charge in [-0.05, 0) is 24.3 Å². The van der Waals surface area contributed by atoms with Crippen LogP contribution in [0.3, 0.4) is 0 Å². The van der Waals surface area contributed by atoms with Gasteiger partial charge in [0.15, 0.2) is 0 Å². The van der Waals surface area contributed by atoms with Gasteiger partial charge >= 0.3 is 5.97 Å². The fraction of sp³-hybridized carbons (Fsp3) is 0.200. The van der Waals surface area contributed by atoms with E-state index < -0.39 is 12.1 Å². The van der Waals surface area contributed by atoms with Crippen LogP contribution in [0.4, 0.5) is 5.69 Å². The van der Waals surface area contributed by atoms with E-state index in [1.54, 1.807) is 24.3 Å². The minimum atomic E-state index is -1.07. The van der Waals surface area contributed by atoms with Crippen molar-refractivity contribution < 1.29 is 20.1 Å². The number of nitrogens with one attached hydrogen (secondary N) is 1. The van der Waals surface area contributed by atoms with Crippen LogP contribution in [0, 0.1) is 0 Å². The highest BCUT2D eigenvalue weighted by atomic mass is 16.4. The molecule has 0 bridgehead atoms. The number of aliphatic hydroxyl groups excluding tert-OH is 2. The van der Waals surface area contributed by atoms with Gasteiger partial charge in [-0.25, -0.2) is 9.78 Å². The molecule has 0 saturated heterocycles. The fourth-order valence-corrected chi connectivity index (χ4v) is 1.80. The number of pyridine rings is 1. The number of hydrogen-bond acceptors (Lipinski definition) is 5. The summed E-state index contributed by atoms with van der Waals surface area (Å²) >= 11 is 0. The van der Waals surface area contributed by atoms with Gasteiger partial charge in [-0.15, -0.1) is 0 Å². The lowest BCUT2D eigenvalue weighted by atomic mass is 10.1. The Kier molecular flexibility index (Phi) is 4.86. The summed E-state index contributed by atoms with van der Waals surface area (Å²) in [6.07, 6.45) is -0.831. The van der Waals surface area contributed by atoms with Gasteiger partial charge in [0.25, 0.3) is 0 Å². The molecule has 6 heteroatoms. The second-order valence-electron chi connectivity index (χ2n) is 4.51. The van der Waals surface area contributed by atoms with Gasteiger partial charge in [0.05, 0.1) is 18.4 Å². The maximum Gasteiger partial charge on any atom is 0.354 e. The third-order valence-electron chi connectivity index (χ3n) is 2.88. The number of anilines is 1. The molecule has 110 valence electrons. The van der Waals surface area contributed by atoms with Crippen molar-refractivity contribution in [3.63, 3.8) is 0 Å². The average Bonchev–Trinajstić information content (AvgIpc) is 2.53. The van der Waals surface area contributed by atoms with Crippen LogP contribution in [-0.4, -0.2) is 45.5 Å². The zero-order chi connectivity index (χ0) is 15.2. The number of benzene rings is 1. The van der Waals surface area contributed by atoms with E-state index >= 15 is 0 Å². The number of nitrogens with zero attached hydrogens (tertiary/aromatic N) is 1. The number of carbonyl (C=O) groups is 1. The summed E-state index contributed by atoms with van der Waals surface area (Å²) < 4.78 is 0. The number of rotatable bonds is 6. The van der Waals surface area contributed by atoms with E-state index in [1.807, 2.05) is 12.1 Å². The smallest absolute Gasteiger partial charge is 0.354 e. The Morgan fingerprint density at radius 2 is 2.00 bits per heavy atom. The molecule has 2 rings (SSSR count). The molecule has 2 aromatic rings. The summed E-state index contributed by atoms with van der Waals surface area (Å²) in [5.74, 6) is -1.07. The van der Waals surface area contributed by atoms with Crippen molar-refractivity contribution in [2.45, 2.75) is 6.10 Å². The molecule has 0 spiro atoms. The first-order valence-electron chi connectivity index (χ1n) is 6.43. The Hall–Kier alpha value is -2.44. The van der Waals surface area contributed by atoms with Crippen LogP contribution >= 0.6 is 0 Å². The van der Waals surface area contributed by atoms with E-state index in [0.29, 0.717) is 5.69 Å². The number of carboxylic acids is 1. The largest absolute Gasteiger partial charge is 0.477 e. The lowest BCUT2D eigenvalue weighted by Gasteiger charge is -2.11. The molecular weight excluding hydrogens is 272 g/mol. The first-order chi connectivity index (χ1) is 10.1. The average molecular weight is 288 g/mol. The first kappa shape index (κ1) is 15.0. The Balaban J connectivity index is 2.20. The van der Waals surface area contributed by atoms with Crippen molar-refractivity contribution in [1.29, 1.82) is 0 Å². The van der Waals surface area contributed by atoms with Crippen molar-refractivity contribution in [3.05, 3.63) is 48.2 Å². The van der Waals surface area contributed by atoms with E-state index in [-0.39, 0.29) is 18.8 Å². The summed E-state index contributed by atoms with van der Waals surface area (Å²) in [6, 6.07) is 12.0. The Labute approximate surface area is 121 Å². The van der Waals surface area contributed by atoms with Crippen LogP contribution in [0.15, 0.2) is 42.5 Å². The van der Waals surface area contributed by atoms with Crippen molar-refractivity contribution in [1.82, 2.24) is 4.98 Å². The quantitative estimate of drug-likeness (QED) is 0.637. The molecule has 4 N–H and O–H groups in total. The summed E-state index contributed by atoms with van der Waals surface area (Å²) in [7, 11) is 0. The van der Waals surface area contributed by atoms with Gasteiger partial charge < -0.3 is 20.6 Å². The molecule has 21 heavy (non-hydrogen) atoms. The van der Waals surface area contributed by atoms with E-state index in [4.69, 9.17) is 10.2 Å². The zero-order valence-electron chi connectivity index (χ0n) is 11.2. The molecule has 1 unspecified atom stereocenters. The lowest BCUT2D eigenvalue weighted by Crippen LogP contribution is -2.22. The molecule has 1 aromatic carbocycles. The minimum Gasteiger partial charge on any atom is -0.477 e. The van der Waals surface area contributed by atoms with Crippen LogP contribution in [0.25, 0.3) is 11.3 Å². The van der Waals surface area contributed by atoms with Crippen LogP contribution in [0.2, 0.25) is 0 Å². The van der Waals surface area contributed by atoms with Gasteiger partial charge in [0.1, 0.15) is 5.69 Å². The highest BCUT2D eigenvalue weighted by Gasteiger charge is 2.07. The minimum absolute atomic E-state index is 0.0124. The zero-order valence-corrected chi connectivity index (χ0v) is 11.2. The summed E-state index contributed by atoms with van der Waals surface area (Å²) in [5, 5.41) is 30.0. The van der Waals surface area contributed by atoms with E-state index in [2.05, 4.69) is 10.3 Å². The van der Waals surface area contributed by atoms with Crippen LogP contribution in [0.5, 0.6) is 0 Å². The third-order valence-corrected chi connectivity index (χ3v) is 2.88. The molecule has 1 heterocycles. The Morgan fingerprint density at radius 3 is 2.71 bits per heavy atom. The molecule has 1 aromatic heterocycles. The standard InChI is InChI=1S/C15H16N2O4/c18-9-12(19)8-16-11-4-1-3-10(7-11)13-5-2-6-14(17-13)15(20)21/h1-7,12,16,18-19H,8-9H2,(H,20,21). The molecule has 1 atom stereocenters. The number of hydrogen-bond donors (Lipinski definition) is 4. The third kappa shape index (κ3) is 4.01. The predicted octanol–water partition coefficient (Wildman–Crippen LogP) is 1.21. The van der Waals surface area contributed by atoms with E-state index in [1.165, 1.54) is 6.07 Å². The van der Waals surface area contributed by atoms with Gasteiger partial charge in [0.2, 0.25) is 0 Å². The van der Waals surface area contributed by atoms with Gasteiger partial charge in [-0.2, -0.15) is 0 Å². The van der Waals surface area contributed by atoms with Crippen molar-refractivity contribution in [3.8, 4) is 11.3 Å². The molecule has 6 nitrogen and oxygen atoms in total. The number of aliphatic hydroxyl groups is 2. The predicted molar refractivity (Wildman–Crippen MR) is 78.2 cm³/mol.